The van der Waals surface area contributed by atoms with Crippen LogP contribution in [0.25, 0.3) is 11.0 Å². The summed E-state index contributed by atoms with van der Waals surface area (Å²) in [5, 5.41) is 11.8. The van der Waals surface area contributed by atoms with Crippen molar-refractivity contribution < 1.29 is 14.4 Å². The molecule has 0 bridgehead atoms. The lowest BCUT2D eigenvalue weighted by molar-refractivity contribution is -0.126. The van der Waals surface area contributed by atoms with Crippen LogP contribution in [0.5, 0.6) is 0 Å². The number of primary amides is 1. The van der Waals surface area contributed by atoms with Gasteiger partial charge in [0.25, 0.3) is 5.91 Å². The fourth-order valence-electron chi connectivity index (χ4n) is 5.27. The summed E-state index contributed by atoms with van der Waals surface area (Å²) >= 11 is 0. The number of nitrogens with zero attached hydrogens (tertiary/aromatic N) is 3. The molecular formula is C29H33N5O3. The number of rotatable bonds is 9. The second kappa shape index (κ2) is 11.4. The standard InChI is InChI=1S/C29H33N5O3/c1-18(2)26(27(36)20-6-4-3-5-7-20)22-12-13-24-23(16-22)32-29(34(24)15-14-25(31)35)33-28(37)21-10-8-19(17-30)9-11-21/h8-13,16,18,20,26H,3-7,14-15H2,1-2H3,(H2,31,35)(H,32,33,37). The Kier molecular flexibility index (Phi) is 8.02. The molecule has 0 spiro atoms. The summed E-state index contributed by atoms with van der Waals surface area (Å²) in [5.74, 6) is -0.223. The first-order valence-electron chi connectivity index (χ1n) is 12.9. The predicted molar refractivity (Wildman–Crippen MR) is 142 cm³/mol. The number of carbonyl (C=O) groups is 3. The van der Waals surface area contributed by atoms with Gasteiger partial charge in [0.05, 0.1) is 22.7 Å². The average molecular weight is 500 g/mol. The molecular weight excluding hydrogens is 466 g/mol. The summed E-state index contributed by atoms with van der Waals surface area (Å²) in [6.45, 7) is 4.40. The molecule has 1 atom stereocenters. The molecule has 1 unspecified atom stereocenters. The number of anilines is 1. The van der Waals surface area contributed by atoms with E-state index in [1.165, 1.54) is 6.42 Å². The monoisotopic (exact) mass is 499 g/mol. The van der Waals surface area contributed by atoms with E-state index < -0.39 is 5.91 Å². The van der Waals surface area contributed by atoms with E-state index in [1.807, 2.05) is 24.3 Å². The quantitative estimate of drug-likeness (QED) is 0.431. The SMILES string of the molecule is CC(C)C(C(=O)C1CCCCC1)c1ccc2c(c1)nc(NC(=O)c1ccc(C#N)cc1)n2CCC(N)=O. The summed E-state index contributed by atoms with van der Waals surface area (Å²) < 4.78 is 1.76. The lowest BCUT2D eigenvalue weighted by atomic mass is 9.75. The molecule has 0 radical (unpaired) electrons. The first kappa shape index (κ1) is 26.1. The van der Waals surface area contributed by atoms with Gasteiger partial charge >= 0.3 is 0 Å². The molecule has 3 N–H and O–H groups in total. The summed E-state index contributed by atoms with van der Waals surface area (Å²) in [6, 6.07) is 14.1. The first-order valence-corrected chi connectivity index (χ1v) is 12.9. The minimum Gasteiger partial charge on any atom is -0.370 e. The van der Waals surface area contributed by atoms with Gasteiger partial charge in [-0.15, -0.1) is 0 Å². The Morgan fingerprint density at radius 1 is 1.11 bits per heavy atom. The van der Waals surface area contributed by atoms with E-state index in [-0.39, 0.29) is 36.6 Å². The van der Waals surface area contributed by atoms with E-state index >= 15 is 0 Å². The molecule has 8 nitrogen and oxygen atoms in total. The molecule has 0 saturated heterocycles. The number of hydrogen-bond donors (Lipinski definition) is 2. The van der Waals surface area contributed by atoms with Gasteiger partial charge in [0.15, 0.2) is 0 Å². The maximum atomic E-state index is 13.5. The lowest BCUT2D eigenvalue weighted by Crippen LogP contribution is -2.27. The molecule has 1 aromatic heterocycles. The van der Waals surface area contributed by atoms with E-state index in [9.17, 15) is 14.4 Å². The van der Waals surface area contributed by atoms with Crippen LogP contribution in [0.3, 0.4) is 0 Å². The van der Waals surface area contributed by atoms with Crippen LogP contribution in [0.2, 0.25) is 0 Å². The number of benzene rings is 2. The minimum atomic E-state index is -0.458. The highest BCUT2D eigenvalue weighted by Gasteiger charge is 2.31. The van der Waals surface area contributed by atoms with Crippen LogP contribution in [0.15, 0.2) is 42.5 Å². The van der Waals surface area contributed by atoms with Crippen LogP contribution < -0.4 is 11.1 Å². The van der Waals surface area contributed by atoms with Gasteiger partial charge in [-0.25, -0.2) is 4.98 Å². The van der Waals surface area contributed by atoms with Gasteiger partial charge in [-0.05, 0) is 60.7 Å². The third kappa shape index (κ3) is 5.88. The van der Waals surface area contributed by atoms with Crippen LogP contribution in [0, 0.1) is 23.2 Å². The smallest absolute Gasteiger partial charge is 0.257 e. The third-order valence-electron chi connectivity index (χ3n) is 7.20. The second-order valence-electron chi connectivity index (χ2n) is 10.2. The van der Waals surface area contributed by atoms with E-state index in [4.69, 9.17) is 11.0 Å². The fourth-order valence-corrected chi connectivity index (χ4v) is 5.27. The van der Waals surface area contributed by atoms with Gasteiger partial charge in [0.1, 0.15) is 5.78 Å². The van der Waals surface area contributed by atoms with Crippen molar-refractivity contribution in [3.05, 3.63) is 59.2 Å². The van der Waals surface area contributed by atoms with Crippen molar-refractivity contribution in [2.45, 2.75) is 64.8 Å². The largest absolute Gasteiger partial charge is 0.370 e. The Labute approximate surface area is 216 Å². The molecule has 1 heterocycles. The average Bonchev–Trinajstić information content (AvgIpc) is 3.23. The van der Waals surface area contributed by atoms with E-state index in [1.54, 1.807) is 28.8 Å². The molecule has 1 aliphatic carbocycles. The molecule has 1 saturated carbocycles. The highest BCUT2D eigenvalue weighted by molar-refractivity contribution is 6.04. The topological polar surface area (TPSA) is 131 Å². The van der Waals surface area contributed by atoms with E-state index in [0.717, 1.165) is 36.8 Å². The van der Waals surface area contributed by atoms with Crippen LogP contribution in [0.4, 0.5) is 5.95 Å². The number of Topliss-reactive ketones (excluding diaryl/α,β-unsaturated/α-hetero) is 1. The highest BCUT2D eigenvalue weighted by atomic mass is 16.2. The number of imidazole rings is 1. The molecule has 2 amide bonds. The van der Waals surface area contributed by atoms with Crippen molar-refractivity contribution in [1.29, 1.82) is 5.26 Å². The number of nitrogens with two attached hydrogens (primary N) is 1. The zero-order chi connectivity index (χ0) is 26.5. The number of fused-ring (bicyclic) bond motifs is 1. The molecule has 37 heavy (non-hydrogen) atoms. The van der Waals surface area contributed by atoms with Crippen LogP contribution in [-0.2, 0) is 16.1 Å². The number of ketones is 1. The second-order valence-corrected chi connectivity index (χ2v) is 10.2. The van der Waals surface area contributed by atoms with Gasteiger partial charge in [-0.1, -0.05) is 39.2 Å². The summed E-state index contributed by atoms with van der Waals surface area (Å²) in [6.07, 6.45) is 5.40. The molecule has 1 aliphatic rings. The Balaban J connectivity index is 1.68. The van der Waals surface area contributed by atoms with Crippen molar-refractivity contribution in [3.8, 4) is 6.07 Å². The maximum absolute atomic E-state index is 13.5. The number of aromatic nitrogens is 2. The Morgan fingerprint density at radius 2 is 1.81 bits per heavy atom. The Hall–Kier alpha value is -3.99. The zero-order valence-electron chi connectivity index (χ0n) is 21.4. The molecule has 0 aliphatic heterocycles. The normalized spacial score (nSPS) is 14.9. The van der Waals surface area contributed by atoms with Crippen LogP contribution in [-0.4, -0.2) is 27.1 Å². The van der Waals surface area contributed by atoms with Crippen molar-refractivity contribution in [3.63, 3.8) is 0 Å². The molecule has 2 aromatic carbocycles. The Morgan fingerprint density at radius 3 is 2.43 bits per heavy atom. The predicted octanol–water partition coefficient (Wildman–Crippen LogP) is 4.92. The summed E-state index contributed by atoms with van der Waals surface area (Å²) in [7, 11) is 0. The van der Waals surface area contributed by atoms with Crippen molar-refractivity contribution in [2.24, 2.45) is 17.6 Å². The number of nitrogens with one attached hydrogen (secondary N) is 1. The number of hydrogen-bond acceptors (Lipinski definition) is 5. The highest BCUT2D eigenvalue weighted by Crippen LogP contribution is 2.35. The van der Waals surface area contributed by atoms with Crippen molar-refractivity contribution >= 4 is 34.6 Å². The van der Waals surface area contributed by atoms with Gasteiger partial charge in [0, 0.05) is 30.4 Å². The Bertz CT molecular complexity index is 1340. The van der Waals surface area contributed by atoms with Gasteiger partial charge < -0.3 is 10.3 Å². The molecule has 8 heteroatoms. The van der Waals surface area contributed by atoms with Crippen molar-refractivity contribution in [2.75, 3.05) is 5.32 Å². The molecule has 3 aromatic rings. The molecule has 1 fully saturated rings. The van der Waals surface area contributed by atoms with Crippen LogP contribution in [0.1, 0.15) is 79.8 Å². The van der Waals surface area contributed by atoms with Crippen molar-refractivity contribution in [1.82, 2.24) is 9.55 Å². The lowest BCUT2D eigenvalue weighted by Gasteiger charge is -2.28. The maximum Gasteiger partial charge on any atom is 0.257 e. The van der Waals surface area contributed by atoms with Gasteiger partial charge in [-0.2, -0.15) is 5.26 Å². The fraction of sp³-hybridized carbons (Fsp3) is 0.414. The number of aryl methyl sites for hydroxylation is 1. The van der Waals surface area contributed by atoms with Crippen LogP contribution >= 0.6 is 0 Å². The molecule has 192 valence electrons. The van der Waals surface area contributed by atoms with Gasteiger partial charge in [-0.3, -0.25) is 19.7 Å². The summed E-state index contributed by atoms with van der Waals surface area (Å²) in [5.41, 5.74) is 8.54. The number of carbonyl (C=O) groups excluding carboxylic acids is 3. The number of amides is 2. The first-order chi connectivity index (χ1) is 17.8. The van der Waals surface area contributed by atoms with Gasteiger partial charge in [0.2, 0.25) is 11.9 Å². The van der Waals surface area contributed by atoms with E-state index in [2.05, 4.69) is 24.1 Å². The van der Waals surface area contributed by atoms with E-state index in [0.29, 0.717) is 28.4 Å². The zero-order valence-corrected chi connectivity index (χ0v) is 21.4. The number of nitriles is 1. The minimum absolute atomic E-state index is 0.0851. The third-order valence-corrected chi connectivity index (χ3v) is 7.20. The molecule has 4 rings (SSSR count). The summed E-state index contributed by atoms with van der Waals surface area (Å²) in [4.78, 5) is 42.7.